The lowest BCUT2D eigenvalue weighted by Gasteiger charge is -2.43. The fourth-order valence-corrected chi connectivity index (χ4v) is 5.01. The maximum atomic E-state index is 13.0. The van der Waals surface area contributed by atoms with Crippen LogP contribution in [-0.4, -0.2) is 92.5 Å². The van der Waals surface area contributed by atoms with Crippen LogP contribution in [0.2, 0.25) is 0 Å². The second-order valence-corrected chi connectivity index (χ2v) is 9.62. The van der Waals surface area contributed by atoms with Gasteiger partial charge in [-0.25, -0.2) is 15.1 Å². The van der Waals surface area contributed by atoms with Crippen molar-refractivity contribution in [2.24, 2.45) is 5.92 Å². The van der Waals surface area contributed by atoms with E-state index >= 15 is 0 Å². The Labute approximate surface area is 210 Å². The van der Waals surface area contributed by atoms with Gasteiger partial charge in [0.1, 0.15) is 0 Å². The van der Waals surface area contributed by atoms with Crippen LogP contribution in [0.3, 0.4) is 0 Å². The molecule has 3 aliphatic rings. The van der Waals surface area contributed by atoms with Crippen LogP contribution in [0.5, 0.6) is 0 Å². The minimum Gasteiger partial charge on any atom is -0.339 e. The Morgan fingerprint density at radius 2 is 1.70 bits per heavy atom. The van der Waals surface area contributed by atoms with E-state index in [2.05, 4.69) is 25.1 Å². The van der Waals surface area contributed by atoms with Gasteiger partial charge in [0.15, 0.2) is 0 Å². The zero-order chi connectivity index (χ0) is 26.3. The molecule has 0 spiro atoms. The van der Waals surface area contributed by atoms with Crippen LogP contribution >= 0.6 is 0 Å². The number of fused-ring (bicyclic) bond motifs is 1. The van der Waals surface area contributed by atoms with Gasteiger partial charge in [0, 0.05) is 89.3 Å². The van der Waals surface area contributed by atoms with Crippen LogP contribution in [0, 0.1) is 5.92 Å². The summed E-state index contributed by atoms with van der Waals surface area (Å²) in [7, 11) is 0. The number of likely N-dealkylation sites (tertiary alicyclic amines) is 1. The molecule has 0 atom stereocenters. The van der Waals surface area contributed by atoms with Crippen molar-refractivity contribution < 1.29 is 22.8 Å². The van der Waals surface area contributed by atoms with Crippen molar-refractivity contribution >= 4 is 17.8 Å². The van der Waals surface area contributed by atoms with Crippen molar-refractivity contribution in [1.29, 1.82) is 0 Å². The first kappa shape index (κ1) is 25.1. The lowest BCUT2D eigenvalue weighted by Crippen LogP contribution is -2.57. The molecule has 5 heterocycles. The molecule has 0 bridgehead atoms. The van der Waals surface area contributed by atoms with Crippen molar-refractivity contribution in [3.63, 3.8) is 0 Å². The molecule has 3 aliphatic heterocycles. The monoisotopic (exact) mass is 520 g/mol. The van der Waals surface area contributed by atoms with Crippen LogP contribution in [0.25, 0.3) is 0 Å². The summed E-state index contributed by atoms with van der Waals surface area (Å²) in [6.45, 7) is 5.74. The van der Waals surface area contributed by atoms with E-state index in [1.165, 1.54) is 6.92 Å². The summed E-state index contributed by atoms with van der Waals surface area (Å²) in [4.78, 5) is 52.0. The SMILES string of the molecule is CC(=O)N1CCc2c(c(CN3CC(C(=O)N4CCN(c5ncc(C(F)(F)F)cn5)CC4)C3)n[nH]c2=O)C1. The van der Waals surface area contributed by atoms with Gasteiger partial charge in [0.05, 0.1) is 17.2 Å². The number of piperazine rings is 1. The summed E-state index contributed by atoms with van der Waals surface area (Å²) in [6.07, 6.45) is -2.45. The molecule has 2 aromatic rings. The molecule has 2 saturated heterocycles. The first-order chi connectivity index (χ1) is 17.6. The van der Waals surface area contributed by atoms with E-state index in [0.29, 0.717) is 70.9 Å². The number of anilines is 1. The van der Waals surface area contributed by atoms with E-state index in [1.807, 2.05) is 0 Å². The number of aromatic nitrogens is 4. The number of nitrogens with one attached hydrogen (secondary N) is 1. The standard InChI is InChI=1S/C23H27F3N8O3/c1-14(35)34-3-2-17-18(12-34)19(29-30-20(17)36)13-31-10-15(11-31)21(37)32-4-6-33(7-5-32)22-27-8-16(9-28-22)23(24,25)26/h8-9,15H,2-7,10-13H2,1H3,(H,30,36). The highest BCUT2D eigenvalue weighted by atomic mass is 19.4. The summed E-state index contributed by atoms with van der Waals surface area (Å²) in [5, 5.41) is 6.79. The molecule has 0 radical (unpaired) electrons. The molecule has 2 fully saturated rings. The molecule has 11 nitrogen and oxygen atoms in total. The van der Waals surface area contributed by atoms with Crippen molar-refractivity contribution in [3.8, 4) is 0 Å². The predicted octanol–water partition coefficient (Wildman–Crippen LogP) is 0.264. The van der Waals surface area contributed by atoms with Crippen molar-refractivity contribution in [1.82, 2.24) is 34.9 Å². The summed E-state index contributed by atoms with van der Waals surface area (Å²) in [5.74, 6) is 0.0658. The quantitative estimate of drug-likeness (QED) is 0.610. The summed E-state index contributed by atoms with van der Waals surface area (Å²) < 4.78 is 38.2. The molecule has 0 unspecified atom stereocenters. The normalized spacial score (nSPS) is 19.0. The van der Waals surface area contributed by atoms with E-state index in [-0.39, 0.29) is 29.2 Å². The number of H-pyrrole nitrogens is 1. The first-order valence-corrected chi connectivity index (χ1v) is 12.1. The molecule has 0 aliphatic carbocycles. The van der Waals surface area contributed by atoms with Gasteiger partial charge in [0.25, 0.3) is 5.56 Å². The van der Waals surface area contributed by atoms with Gasteiger partial charge in [-0.2, -0.15) is 18.3 Å². The van der Waals surface area contributed by atoms with Crippen LogP contribution in [-0.2, 0) is 35.3 Å². The molecule has 1 N–H and O–H groups in total. The number of aromatic amines is 1. The Kier molecular flexibility index (Phi) is 6.60. The highest BCUT2D eigenvalue weighted by Crippen LogP contribution is 2.29. The molecule has 0 aromatic carbocycles. The second-order valence-electron chi connectivity index (χ2n) is 9.62. The third-order valence-corrected chi connectivity index (χ3v) is 7.22. The summed E-state index contributed by atoms with van der Waals surface area (Å²) in [5.41, 5.74) is 1.07. The average molecular weight is 521 g/mol. The fourth-order valence-electron chi connectivity index (χ4n) is 5.01. The van der Waals surface area contributed by atoms with Crippen LogP contribution in [0.4, 0.5) is 19.1 Å². The number of carbonyl (C=O) groups is 2. The number of nitrogens with zero attached hydrogens (tertiary/aromatic N) is 7. The summed E-state index contributed by atoms with van der Waals surface area (Å²) >= 11 is 0. The van der Waals surface area contributed by atoms with E-state index < -0.39 is 11.7 Å². The summed E-state index contributed by atoms with van der Waals surface area (Å²) in [6, 6.07) is 0. The number of amides is 2. The van der Waals surface area contributed by atoms with Crippen LogP contribution in [0.15, 0.2) is 17.2 Å². The van der Waals surface area contributed by atoms with Gasteiger partial charge in [-0.1, -0.05) is 0 Å². The smallest absolute Gasteiger partial charge is 0.339 e. The van der Waals surface area contributed by atoms with Gasteiger partial charge in [-0.15, -0.1) is 0 Å². The molecule has 37 heavy (non-hydrogen) atoms. The zero-order valence-corrected chi connectivity index (χ0v) is 20.3. The van der Waals surface area contributed by atoms with Crippen molar-refractivity contribution in [2.75, 3.05) is 50.7 Å². The Hall–Kier alpha value is -3.55. The Balaban J connectivity index is 1.13. The van der Waals surface area contributed by atoms with Gasteiger partial charge in [-0.05, 0) is 6.42 Å². The Morgan fingerprint density at radius 3 is 2.32 bits per heavy atom. The fraction of sp³-hybridized carbons (Fsp3) is 0.565. The number of hydrogen-bond acceptors (Lipinski definition) is 8. The topological polar surface area (TPSA) is 119 Å². The largest absolute Gasteiger partial charge is 0.419 e. The van der Waals surface area contributed by atoms with Gasteiger partial charge in [-0.3, -0.25) is 19.3 Å². The number of rotatable bonds is 4. The average Bonchev–Trinajstić information content (AvgIpc) is 2.86. The highest BCUT2D eigenvalue weighted by Gasteiger charge is 2.38. The number of halogens is 3. The first-order valence-electron chi connectivity index (χ1n) is 12.1. The lowest BCUT2D eigenvalue weighted by molar-refractivity contribution is -0.142. The Morgan fingerprint density at radius 1 is 1.03 bits per heavy atom. The van der Waals surface area contributed by atoms with Gasteiger partial charge < -0.3 is 14.7 Å². The number of hydrogen-bond donors (Lipinski definition) is 1. The molecule has 5 rings (SSSR count). The van der Waals surface area contributed by atoms with Crippen LogP contribution in [0.1, 0.15) is 29.3 Å². The van der Waals surface area contributed by atoms with E-state index in [1.54, 1.807) is 14.7 Å². The third kappa shape index (κ3) is 5.15. The molecule has 198 valence electrons. The zero-order valence-electron chi connectivity index (χ0n) is 20.3. The van der Waals surface area contributed by atoms with Crippen molar-refractivity contribution in [2.45, 2.75) is 32.6 Å². The maximum absolute atomic E-state index is 13.0. The molecular formula is C23H27F3N8O3. The van der Waals surface area contributed by atoms with Crippen LogP contribution < -0.4 is 10.5 Å². The van der Waals surface area contributed by atoms with Gasteiger partial charge >= 0.3 is 6.18 Å². The maximum Gasteiger partial charge on any atom is 0.419 e. The lowest BCUT2D eigenvalue weighted by atomic mass is 9.95. The second kappa shape index (κ2) is 9.72. The molecule has 2 amide bonds. The minimum atomic E-state index is -4.48. The molecule has 14 heteroatoms. The van der Waals surface area contributed by atoms with E-state index in [0.717, 1.165) is 23.7 Å². The highest BCUT2D eigenvalue weighted by molar-refractivity contribution is 5.80. The number of carbonyl (C=O) groups excluding carboxylic acids is 2. The molecule has 0 saturated carbocycles. The third-order valence-electron chi connectivity index (χ3n) is 7.22. The van der Waals surface area contributed by atoms with E-state index in [4.69, 9.17) is 0 Å². The molecule has 2 aromatic heterocycles. The Bertz CT molecular complexity index is 1240. The number of alkyl halides is 3. The minimum absolute atomic E-state index is 0.0449. The predicted molar refractivity (Wildman–Crippen MR) is 124 cm³/mol. The van der Waals surface area contributed by atoms with Gasteiger partial charge in [0.2, 0.25) is 17.8 Å². The van der Waals surface area contributed by atoms with E-state index in [9.17, 15) is 27.6 Å². The van der Waals surface area contributed by atoms with Crippen molar-refractivity contribution in [3.05, 3.63) is 45.1 Å². The molecular weight excluding hydrogens is 493 g/mol.